The van der Waals surface area contributed by atoms with Gasteiger partial charge in [0.25, 0.3) is 0 Å². The first-order valence-electron chi connectivity index (χ1n) is 5.77. The van der Waals surface area contributed by atoms with E-state index in [1.54, 1.807) is 0 Å². The van der Waals surface area contributed by atoms with Crippen molar-refractivity contribution in [1.29, 1.82) is 0 Å². The fraction of sp³-hybridized carbons (Fsp3) is 0.125. The highest BCUT2D eigenvalue weighted by Gasteiger charge is 2.19. The minimum atomic E-state index is -1.65. The molecule has 2 aromatic carbocycles. The lowest BCUT2D eigenvalue weighted by molar-refractivity contribution is 1.63. The molecule has 0 saturated heterocycles. The zero-order chi connectivity index (χ0) is 12.3. The van der Waals surface area contributed by atoms with Crippen LogP contribution in [0.15, 0.2) is 54.6 Å². The van der Waals surface area contributed by atoms with E-state index < -0.39 is 8.07 Å². The van der Waals surface area contributed by atoms with Crippen LogP contribution >= 0.6 is 0 Å². The van der Waals surface area contributed by atoms with Crippen molar-refractivity contribution in [3.63, 3.8) is 0 Å². The molecule has 2 aromatic rings. The monoisotopic (exact) mass is 236 g/mol. The summed E-state index contributed by atoms with van der Waals surface area (Å²) in [5.74, 6) is 0. The molecule has 0 N–H and O–H groups in total. The van der Waals surface area contributed by atoms with Gasteiger partial charge in [0.15, 0.2) is 8.07 Å². The van der Waals surface area contributed by atoms with Crippen LogP contribution in [0, 0.1) is 12.0 Å². The maximum absolute atomic E-state index is 5.60. The molecule has 0 amide bonds. The van der Waals surface area contributed by atoms with Crippen LogP contribution in [0.3, 0.4) is 0 Å². The molecule has 0 bridgehead atoms. The van der Waals surface area contributed by atoms with Gasteiger partial charge in [-0.3, -0.25) is 0 Å². The Morgan fingerprint density at radius 2 is 1.35 bits per heavy atom. The van der Waals surface area contributed by atoms with Crippen LogP contribution < -0.4 is 5.19 Å². The summed E-state index contributed by atoms with van der Waals surface area (Å²) >= 11 is 0. The van der Waals surface area contributed by atoms with Gasteiger partial charge in [0.05, 0.1) is 0 Å². The Balaban J connectivity index is 2.35. The van der Waals surface area contributed by atoms with Crippen LogP contribution in [0.1, 0.15) is 0 Å². The van der Waals surface area contributed by atoms with E-state index in [0.717, 1.165) is 0 Å². The van der Waals surface area contributed by atoms with Crippen molar-refractivity contribution in [2.75, 3.05) is 0 Å². The molecule has 0 atom stereocenters. The van der Waals surface area contributed by atoms with E-state index in [2.05, 4.69) is 67.2 Å². The molecular weight excluding hydrogens is 220 g/mol. The van der Waals surface area contributed by atoms with Gasteiger partial charge in [0, 0.05) is 0 Å². The summed E-state index contributed by atoms with van der Waals surface area (Å²) in [5, 5.41) is 1.32. The van der Waals surface area contributed by atoms with Gasteiger partial charge < -0.3 is 0 Å². The molecule has 0 aliphatic heterocycles. The molecule has 1 heteroatoms. The largest absolute Gasteiger partial charge is 0.162 e. The minimum absolute atomic E-state index is 1.25. The zero-order valence-corrected chi connectivity index (χ0v) is 11.3. The molecular formula is C16H16Si. The fourth-order valence-corrected chi connectivity index (χ4v) is 2.96. The molecule has 0 aromatic heterocycles. The Morgan fingerprint density at radius 3 is 1.88 bits per heavy atom. The van der Waals surface area contributed by atoms with Gasteiger partial charge >= 0.3 is 0 Å². The Hall–Kier alpha value is -1.78. The Labute approximate surface area is 104 Å². The molecule has 0 aliphatic rings. The molecule has 0 nitrogen and oxygen atoms in total. The Morgan fingerprint density at radius 1 is 0.824 bits per heavy atom. The smallest absolute Gasteiger partial charge is 0.129 e. The third-order valence-electron chi connectivity index (χ3n) is 3.07. The minimum Gasteiger partial charge on any atom is -0.129 e. The molecule has 0 radical (unpaired) electrons. The van der Waals surface area contributed by atoms with Gasteiger partial charge in [0.2, 0.25) is 0 Å². The second-order valence-corrected chi connectivity index (χ2v) is 8.83. The third kappa shape index (κ3) is 2.49. The molecule has 17 heavy (non-hydrogen) atoms. The number of rotatable bonds is 2. The highest BCUT2D eigenvalue weighted by atomic mass is 28.3. The molecule has 0 unspecified atom stereocenters. The second-order valence-electron chi connectivity index (χ2n) is 4.71. The van der Waals surface area contributed by atoms with Crippen molar-refractivity contribution in [3.05, 3.63) is 54.6 Å². The van der Waals surface area contributed by atoms with Crippen LogP contribution in [0.4, 0.5) is 0 Å². The van der Waals surface area contributed by atoms with E-state index in [1.807, 2.05) is 6.07 Å². The van der Waals surface area contributed by atoms with Crippen LogP contribution in [0.25, 0.3) is 11.1 Å². The van der Waals surface area contributed by atoms with Gasteiger partial charge in [-0.15, -0.1) is 12.0 Å². The first-order chi connectivity index (χ1) is 8.13. The van der Waals surface area contributed by atoms with E-state index in [-0.39, 0.29) is 0 Å². The van der Waals surface area contributed by atoms with Crippen LogP contribution in [0.2, 0.25) is 13.1 Å². The number of terminal acetylenes is 1. The summed E-state index contributed by atoms with van der Waals surface area (Å²) < 4.78 is 0. The molecule has 0 heterocycles. The summed E-state index contributed by atoms with van der Waals surface area (Å²) in [5.41, 5.74) is 5.45. The molecule has 0 spiro atoms. The Bertz CT molecular complexity index is 530. The maximum Gasteiger partial charge on any atom is 0.162 e. The van der Waals surface area contributed by atoms with Gasteiger partial charge in [-0.25, -0.2) is 0 Å². The lowest BCUT2D eigenvalue weighted by Crippen LogP contribution is -2.39. The van der Waals surface area contributed by atoms with Crippen molar-refractivity contribution in [1.82, 2.24) is 0 Å². The van der Waals surface area contributed by atoms with Crippen molar-refractivity contribution < 1.29 is 0 Å². The molecule has 0 saturated carbocycles. The normalized spacial score (nSPS) is 10.9. The predicted octanol–water partition coefficient (Wildman–Crippen LogP) is 3.44. The van der Waals surface area contributed by atoms with Gasteiger partial charge in [-0.1, -0.05) is 67.7 Å². The Kier molecular flexibility index (Phi) is 3.17. The van der Waals surface area contributed by atoms with Crippen molar-refractivity contribution in [3.8, 4) is 23.1 Å². The van der Waals surface area contributed by atoms with Crippen molar-refractivity contribution in [2.45, 2.75) is 13.1 Å². The van der Waals surface area contributed by atoms with E-state index in [9.17, 15) is 0 Å². The van der Waals surface area contributed by atoms with E-state index in [4.69, 9.17) is 6.42 Å². The second kappa shape index (κ2) is 4.61. The summed E-state index contributed by atoms with van der Waals surface area (Å²) in [6, 6.07) is 19.1. The first kappa shape index (κ1) is 11.7. The SMILES string of the molecule is C#C[Si](C)(C)c1ccc(-c2ccccc2)cc1. The van der Waals surface area contributed by atoms with Crippen LogP contribution in [-0.2, 0) is 0 Å². The maximum atomic E-state index is 5.60. The molecule has 84 valence electrons. The highest BCUT2D eigenvalue weighted by molar-refractivity contribution is 6.96. The van der Waals surface area contributed by atoms with Crippen LogP contribution in [0.5, 0.6) is 0 Å². The lowest BCUT2D eigenvalue weighted by atomic mass is 10.1. The quantitative estimate of drug-likeness (QED) is 0.553. The first-order valence-corrected chi connectivity index (χ1v) is 8.77. The standard InChI is InChI=1S/C16H16Si/c1-4-17(2,3)16-12-10-15(11-13-16)14-8-6-5-7-9-14/h1,5-13H,2-3H3. The van der Waals surface area contributed by atoms with Crippen LogP contribution in [-0.4, -0.2) is 8.07 Å². The highest BCUT2D eigenvalue weighted by Crippen LogP contribution is 2.18. The van der Waals surface area contributed by atoms with Gasteiger partial charge in [0.1, 0.15) is 0 Å². The van der Waals surface area contributed by atoms with E-state index in [0.29, 0.717) is 0 Å². The number of hydrogen-bond donors (Lipinski definition) is 0. The molecule has 2 rings (SSSR count). The lowest BCUT2D eigenvalue weighted by Gasteiger charge is -2.15. The summed E-state index contributed by atoms with van der Waals surface area (Å²) in [4.78, 5) is 0. The molecule has 0 fully saturated rings. The topological polar surface area (TPSA) is 0 Å². The summed E-state index contributed by atoms with van der Waals surface area (Å²) in [7, 11) is -1.65. The van der Waals surface area contributed by atoms with Crippen molar-refractivity contribution in [2.24, 2.45) is 0 Å². The van der Waals surface area contributed by atoms with Gasteiger partial charge in [-0.05, 0) is 16.3 Å². The number of benzene rings is 2. The van der Waals surface area contributed by atoms with Crippen molar-refractivity contribution >= 4 is 13.3 Å². The molecule has 0 aliphatic carbocycles. The summed E-state index contributed by atoms with van der Waals surface area (Å²) in [6.45, 7) is 4.40. The predicted molar refractivity (Wildman–Crippen MR) is 77.8 cm³/mol. The average molecular weight is 236 g/mol. The third-order valence-corrected chi connectivity index (χ3v) is 5.57. The average Bonchev–Trinajstić information content (AvgIpc) is 2.40. The summed E-state index contributed by atoms with van der Waals surface area (Å²) in [6.07, 6.45) is 5.60. The van der Waals surface area contributed by atoms with E-state index >= 15 is 0 Å². The fourth-order valence-electron chi connectivity index (χ4n) is 1.79. The van der Waals surface area contributed by atoms with Gasteiger partial charge in [-0.2, -0.15) is 0 Å². The van der Waals surface area contributed by atoms with E-state index in [1.165, 1.54) is 16.3 Å². The number of hydrogen-bond acceptors (Lipinski definition) is 0. The zero-order valence-electron chi connectivity index (χ0n) is 10.3.